The molecule has 0 bridgehead atoms. The largest absolute Gasteiger partial charge is 0.423 e. The molecule has 0 spiro atoms. The van der Waals surface area contributed by atoms with E-state index in [2.05, 4.69) is 0 Å². The van der Waals surface area contributed by atoms with Crippen molar-refractivity contribution in [3.8, 4) is 5.75 Å². The molecule has 138 valence electrons. The average Bonchev–Trinajstić information content (AvgIpc) is 2.64. The fourth-order valence-corrected chi connectivity index (χ4v) is 3.82. The van der Waals surface area contributed by atoms with Gasteiger partial charge in [0.1, 0.15) is 11.4 Å². The van der Waals surface area contributed by atoms with Crippen molar-refractivity contribution in [3.05, 3.63) is 65.7 Å². The summed E-state index contributed by atoms with van der Waals surface area (Å²) in [6, 6.07) is 15.8. The fourth-order valence-electron chi connectivity index (χ4n) is 3.82. The van der Waals surface area contributed by atoms with Crippen LogP contribution in [0.1, 0.15) is 41.6 Å². The Kier molecular flexibility index (Phi) is 5.72. The summed E-state index contributed by atoms with van der Waals surface area (Å²) in [4.78, 5) is 14.3. The lowest BCUT2D eigenvalue weighted by molar-refractivity contribution is 0.0198. The molecule has 0 saturated heterocycles. The van der Waals surface area contributed by atoms with Gasteiger partial charge >= 0.3 is 5.97 Å². The maximum absolute atomic E-state index is 16.0. The highest BCUT2D eigenvalue weighted by Crippen LogP contribution is 2.46. The van der Waals surface area contributed by atoms with Crippen molar-refractivity contribution in [1.82, 2.24) is 4.90 Å². The summed E-state index contributed by atoms with van der Waals surface area (Å²) in [5.41, 5.74) is -0.282. The summed E-state index contributed by atoms with van der Waals surface area (Å²) in [6.07, 6.45) is 3.34. The third-order valence-corrected chi connectivity index (χ3v) is 5.11. The van der Waals surface area contributed by atoms with E-state index in [0.29, 0.717) is 29.8 Å². The first-order valence-corrected chi connectivity index (χ1v) is 9.20. The van der Waals surface area contributed by atoms with E-state index in [9.17, 15) is 4.79 Å². The molecule has 2 aromatic rings. The molecule has 0 amide bonds. The van der Waals surface area contributed by atoms with E-state index in [4.69, 9.17) is 4.74 Å². The molecule has 0 radical (unpaired) electrons. The van der Waals surface area contributed by atoms with Crippen LogP contribution in [-0.4, -0.2) is 31.5 Å². The quantitative estimate of drug-likeness (QED) is 0.569. The molecule has 0 N–H and O–H groups in total. The first kappa shape index (κ1) is 18.6. The van der Waals surface area contributed by atoms with Gasteiger partial charge in [0, 0.05) is 12.5 Å². The molecule has 0 unspecified atom stereocenters. The Morgan fingerprint density at radius 2 is 1.92 bits per heavy atom. The van der Waals surface area contributed by atoms with Gasteiger partial charge in [-0.3, -0.25) is 0 Å². The van der Waals surface area contributed by atoms with Crippen molar-refractivity contribution in [1.29, 1.82) is 0 Å². The van der Waals surface area contributed by atoms with Crippen molar-refractivity contribution in [2.24, 2.45) is 5.92 Å². The van der Waals surface area contributed by atoms with Crippen LogP contribution in [0, 0.1) is 5.92 Å². The highest BCUT2D eigenvalue weighted by atomic mass is 19.1. The third kappa shape index (κ3) is 4.13. The van der Waals surface area contributed by atoms with E-state index in [1.54, 1.807) is 42.5 Å². The third-order valence-electron chi connectivity index (χ3n) is 5.11. The lowest BCUT2D eigenvalue weighted by atomic mass is 9.72. The van der Waals surface area contributed by atoms with E-state index in [1.807, 2.05) is 31.1 Å². The molecule has 1 saturated carbocycles. The summed E-state index contributed by atoms with van der Waals surface area (Å²) < 4.78 is 21.5. The van der Waals surface area contributed by atoms with Gasteiger partial charge in [-0.05, 0) is 63.2 Å². The van der Waals surface area contributed by atoms with Crippen LogP contribution in [0.5, 0.6) is 5.75 Å². The Bertz CT molecular complexity index is 747. The van der Waals surface area contributed by atoms with Crippen molar-refractivity contribution in [3.63, 3.8) is 0 Å². The van der Waals surface area contributed by atoms with E-state index < -0.39 is 11.6 Å². The number of carbonyl (C=O) groups is 1. The molecule has 1 aliphatic rings. The first-order valence-electron chi connectivity index (χ1n) is 9.20. The number of hydrogen-bond acceptors (Lipinski definition) is 3. The molecular weight excluding hydrogens is 329 g/mol. The minimum atomic E-state index is -1.38. The maximum Gasteiger partial charge on any atom is 0.343 e. The van der Waals surface area contributed by atoms with Crippen LogP contribution in [0.25, 0.3) is 0 Å². The van der Waals surface area contributed by atoms with Crippen molar-refractivity contribution < 1.29 is 13.9 Å². The van der Waals surface area contributed by atoms with Gasteiger partial charge in [-0.25, -0.2) is 9.18 Å². The second-order valence-corrected chi connectivity index (χ2v) is 7.35. The smallest absolute Gasteiger partial charge is 0.343 e. The number of nitrogens with zero attached hydrogens (tertiary/aromatic N) is 1. The number of rotatable bonds is 5. The molecule has 1 aliphatic carbocycles. The Morgan fingerprint density at radius 3 is 2.65 bits per heavy atom. The zero-order chi connectivity index (χ0) is 18.6. The predicted molar refractivity (Wildman–Crippen MR) is 101 cm³/mol. The summed E-state index contributed by atoms with van der Waals surface area (Å²) in [5.74, 6) is -0.0852. The minimum Gasteiger partial charge on any atom is -0.423 e. The molecule has 3 nitrogen and oxygen atoms in total. The Hall–Kier alpha value is -2.20. The molecule has 3 rings (SSSR count). The highest BCUT2D eigenvalue weighted by Gasteiger charge is 2.42. The van der Waals surface area contributed by atoms with Crippen LogP contribution in [-0.2, 0) is 5.67 Å². The van der Waals surface area contributed by atoms with Gasteiger partial charge in [0.05, 0.1) is 5.56 Å². The topological polar surface area (TPSA) is 29.5 Å². The molecule has 0 aliphatic heterocycles. The van der Waals surface area contributed by atoms with Gasteiger partial charge in [0.15, 0.2) is 0 Å². The molecular formula is C22H26FNO2. The van der Waals surface area contributed by atoms with E-state index in [0.717, 1.165) is 19.3 Å². The normalized spacial score (nSPS) is 23.0. The maximum atomic E-state index is 16.0. The van der Waals surface area contributed by atoms with Gasteiger partial charge in [0.25, 0.3) is 0 Å². The second kappa shape index (κ2) is 8.00. The number of hydrogen-bond donors (Lipinski definition) is 0. The molecule has 0 aromatic heterocycles. The lowest BCUT2D eigenvalue weighted by Gasteiger charge is -2.39. The SMILES string of the molecule is CN(C)C[C@@H]1CCCC[C@@]1(F)c1cccc(OC(=O)c2ccccc2)c1. The fraction of sp³-hybridized carbons (Fsp3) is 0.409. The van der Waals surface area contributed by atoms with E-state index in [1.165, 1.54) is 0 Å². The zero-order valence-corrected chi connectivity index (χ0v) is 15.5. The summed E-state index contributed by atoms with van der Waals surface area (Å²) in [7, 11) is 3.96. The van der Waals surface area contributed by atoms with Gasteiger partial charge in [0.2, 0.25) is 0 Å². The van der Waals surface area contributed by atoms with E-state index >= 15 is 4.39 Å². The Labute approximate surface area is 154 Å². The number of ether oxygens (including phenoxy) is 1. The number of alkyl halides is 1. The number of benzene rings is 2. The molecule has 2 aromatic carbocycles. The van der Waals surface area contributed by atoms with Crippen LogP contribution in [0.3, 0.4) is 0 Å². The molecule has 26 heavy (non-hydrogen) atoms. The molecule has 4 heteroatoms. The van der Waals surface area contributed by atoms with E-state index in [-0.39, 0.29) is 5.92 Å². The summed E-state index contributed by atoms with van der Waals surface area (Å²) in [6.45, 7) is 0.713. The van der Waals surface area contributed by atoms with Crippen LogP contribution in [0.15, 0.2) is 54.6 Å². The molecule has 2 atom stereocenters. The van der Waals surface area contributed by atoms with Crippen molar-refractivity contribution in [2.45, 2.75) is 31.4 Å². The lowest BCUT2D eigenvalue weighted by Crippen LogP contribution is -2.39. The predicted octanol–water partition coefficient (Wildman–Crippen LogP) is 4.82. The number of esters is 1. The first-order chi connectivity index (χ1) is 12.5. The van der Waals surface area contributed by atoms with Crippen molar-refractivity contribution >= 4 is 5.97 Å². The van der Waals surface area contributed by atoms with Crippen LogP contribution < -0.4 is 4.74 Å². The van der Waals surface area contributed by atoms with Gasteiger partial charge in [-0.15, -0.1) is 0 Å². The molecule has 1 fully saturated rings. The van der Waals surface area contributed by atoms with Crippen molar-refractivity contribution in [2.75, 3.05) is 20.6 Å². The average molecular weight is 355 g/mol. The Balaban J connectivity index is 1.82. The monoisotopic (exact) mass is 355 g/mol. The molecule has 0 heterocycles. The summed E-state index contributed by atoms with van der Waals surface area (Å²) >= 11 is 0. The van der Waals surface area contributed by atoms with Gasteiger partial charge in [-0.1, -0.05) is 36.8 Å². The number of halogens is 1. The minimum absolute atomic E-state index is 0.0497. The summed E-state index contributed by atoms with van der Waals surface area (Å²) in [5, 5.41) is 0. The van der Waals surface area contributed by atoms with Gasteiger partial charge in [-0.2, -0.15) is 0 Å². The Morgan fingerprint density at radius 1 is 1.15 bits per heavy atom. The van der Waals surface area contributed by atoms with Crippen LogP contribution in [0.4, 0.5) is 4.39 Å². The zero-order valence-electron chi connectivity index (χ0n) is 15.5. The van der Waals surface area contributed by atoms with Crippen LogP contribution in [0.2, 0.25) is 0 Å². The standard InChI is InChI=1S/C22H26FNO2/c1-24(2)16-19-11-6-7-14-22(19,23)18-12-8-13-20(15-18)26-21(25)17-9-4-3-5-10-17/h3-5,8-10,12-13,15,19H,6-7,11,14,16H2,1-2H3/t19-,22+/m0/s1. The highest BCUT2D eigenvalue weighted by molar-refractivity contribution is 5.90. The van der Waals surface area contributed by atoms with Gasteiger partial charge < -0.3 is 9.64 Å². The number of carbonyl (C=O) groups excluding carboxylic acids is 1. The second-order valence-electron chi connectivity index (χ2n) is 7.35. The van der Waals surface area contributed by atoms with Crippen LogP contribution >= 0.6 is 0 Å².